The van der Waals surface area contributed by atoms with Crippen LogP contribution >= 0.6 is 0 Å². The van der Waals surface area contributed by atoms with Crippen LogP contribution in [-0.2, 0) is 0 Å². The molecule has 1 unspecified atom stereocenters. The number of benzene rings is 4. The van der Waals surface area contributed by atoms with E-state index in [0.29, 0.717) is 17.5 Å². The van der Waals surface area contributed by atoms with Gasteiger partial charge in [-0.15, -0.1) is 0 Å². The average molecular weight is 479 g/mol. The highest BCUT2D eigenvalue weighted by atomic mass is 15.0. The SMILES string of the molecule is CC1=CC=CC(c2ccc(-c3ccc(-c4nc(-c5ccccc5)nc(-c5ccccc5)n4)cc3)cc2)N1. The van der Waals surface area contributed by atoms with Crippen LogP contribution in [0.2, 0.25) is 0 Å². The van der Waals surface area contributed by atoms with Gasteiger partial charge < -0.3 is 5.32 Å². The molecule has 1 aromatic heterocycles. The van der Waals surface area contributed by atoms with E-state index >= 15 is 0 Å². The summed E-state index contributed by atoms with van der Waals surface area (Å²) in [6, 6.07) is 37.5. The third-order valence-electron chi connectivity index (χ3n) is 6.48. The summed E-state index contributed by atoms with van der Waals surface area (Å²) >= 11 is 0. The van der Waals surface area contributed by atoms with E-state index in [4.69, 9.17) is 15.0 Å². The number of rotatable bonds is 5. The highest BCUT2D eigenvalue weighted by molar-refractivity contribution is 5.70. The number of nitrogens with one attached hydrogen (secondary N) is 1. The third-order valence-corrected chi connectivity index (χ3v) is 6.48. The molecule has 0 aliphatic carbocycles. The second-order valence-electron chi connectivity index (χ2n) is 9.09. The number of hydrogen-bond acceptors (Lipinski definition) is 4. The van der Waals surface area contributed by atoms with E-state index in [1.165, 1.54) is 16.8 Å². The largest absolute Gasteiger partial charge is 0.378 e. The molecule has 0 spiro atoms. The van der Waals surface area contributed by atoms with Gasteiger partial charge in [0.05, 0.1) is 6.04 Å². The Morgan fingerprint density at radius 1 is 0.514 bits per heavy atom. The summed E-state index contributed by atoms with van der Waals surface area (Å²) in [7, 11) is 0. The number of hydrogen-bond donors (Lipinski definition) is 1. The molecule has 37 heavy (non-hydrogen) atoms. The van der Waals surface area contributed by atoms with Crippen molar-refractivity contribution in [2.24, 2.45) is 0 Å². The quantitative estimate of drug-likeness (QED) is 0.282. The minimum absolute atomic E-state index is 0.211. The van der Waals surface area contributed by atoms with Crippen molar-refractivity contribution in [3.8, 4) is 45.3 Å². The summed E-state index contributed by atoms with van der Waals surface area (Å²) in [6.07, 6.45) is 6.38. The lowest BCUT2D eigenvalue weighted by Crippen LogP contribution is -2.19. The van der Waals surface area contributed by atoms with E-state index < -0.39 is 0 Å². The summed E-state index contributed by atoms with van der Waals surface area (Å²) in [5.41, 5.74) is 7.64. The van der Waals surface area contributed by atoms with Crippen molar-refractivity contribution in [2.75, 3.05) is 0 Å². The molecule has 4 heteroatoms. The molecule has 0 saturated heterocycles. The Morgan fingerprint density at radius 3 is 1.43 bits per heavy atom. The van der Waals surface area contributed by atoms with Crippen LogP contribution in [-0.4, -0.2) is 15.0 Å². The van der Waals surface area contributed by atoms with Crippen molar-refractivity contribution < 1.29 is 0 Å². The fourth-order valence-electron chi connectivity index (χ4n) is 4.48. The van der Waals surface area contributed by atoms with Gasteiger partial charge in [0.1, 0.15) is 0 Å². The van der Waals surface area contributed by atoms with Gasteiger partial charge in [-0.25, -0.2) is 15.0 Å². The normalized spacial score (nSPS) is 14.6. The molecule has 1 aliphatic heterocycles. The monoisotopic (exact) mass is 478 g/mol. The van der Waals surface area contributed by atoms with E-state index in [0.717, 1.165) is 22.3 Å². The Bertz CT molecular complexity index is 1510. The van der Waals surface area contributed by atoms with Crippen LogP contribution in [0.15, 0.2) is 133 Å². The second-order valence-corrected chi connectivity index (χ2v) is 9.09. The minimum atomic E-state index is 0.211. The van der Waals surface area contributed by atoms with Crippen LogP contribution in [0.25, 0.3) is 45.3 Å². The van der Waals surface area contributed by atoms with Gasteiger partial charge in [0.25, 0.3) is 0 Å². The third kappa shape index (κ3) is 4.95. The van der Waals surface area contributed by atoms with Crippen molar-refractivity contribution in [2.45, 2.75) is 13.0 Å². The first-order valence-electron chi connectivity index (χ1n) is 12.4. The molecule has 178 valence electrons. The first-order valence-corrected chi connectivity index (χ1v) is 12.4. The number of aromatic nitrogens is 3. The maximum Gasteiger partial charge on any atom is 0.164 e. The molecule has 2 heterocycles. The van der Waals surface area contributed by atoms with Crippen molar-refractivity contribution in [3.05, 3.63) is 139 Å². The standard InChI is InChI=1S/C33H26N4/c1-23-9-8-14-30(34-23)26-19-15-24(16-20-26)25-17-21-29(22-18-25)33-36-31(27-10-4-2-5-11-27)35-32(37-33)28-12-6-3-7-13-28/h2-22,30,34H,1H3. The average Bonchev–Trinajstić information content (AvgIpc) is 2.98. The molecular weight excluding hydrogens is 452 g/mol. The Morgan fingerprint density at radius 2 is 0.946 bits per heavy atom. The zero-order valence-electron chi connectivity index (χ0n) is 20.5. The minimum Gasteiger partial charge on any atom is -0.378 e. The maximum atomic E-state index is 4.83. The molecule has 1 aliphatic rings. The van der Waals surface area contributed by atoms with Gasteiger partial charge in [0.2, 0.25) is 0 Å². The molecule has 1 atom stereocenters. The van der Waals surface area contributed by atoms with Crippen LogP contribution < -0.4 is 5.32 Å². The van der Waals surface area contributed by atoms with E-state index in [1.807, 2.05) is 60.7 Å². The summed E-state index contributed by atoms with van der Waals surface area (Å²) in [4.78, 5) is 14.4. The molecule has 1 N–H and O–H groups in total. The topological polar surface area (TPSA) is 50.7 Å². The Kier molecular flexibility index (Phi) is 6.14. The number of nitrogens with zero attached hydrogens (tertiary/aromatic N) is 3. The zero-order valence-corrected chi connectivity index (χ0v) is 20.5. The molecular formula is C33H26N4. The predicted octanol–water partition coefficient (Wildman–Crippen LogP) is 7.64. The smallest absolute Gasteiger partial charge is 0.164 e. The Balaban J connectivity index is 1.31. The molecule has 0 radical (unpaired) electrons. The number of dihydropyridines is 1. The van der Waals surface area contributed by atoms with Gasteiger partial charge in [-0.2, -0.15) is 0 Å². The lowest BCUT2D eigenvalue weighted by molar-refractivity contribution is 0.705. The maximum absolute atomic E-state index is 4.83. The lowest BCUT2D eigenvalue weighted by atomic mass is 9.98. The lowest BCUT2D eigenvalue weighted by Gasteiger charge is -2.20. The summed E-state index contributed by atoms with van der Waals surface area (Å²) < 4.78 is 0. The predicted molar refractivity (Wildman–Crippen MR) is 150 cm³/mol. The van der Waals surface area contributed by atoms with Crippen LogP contribution in [0.4, 0.5) is 0 Å². The first kappa shape index (κ1) is 22.6. The molecule has 4 nitrogen and oxygen atoms in total. The van der Waals surface area contributed by atoms with E-state index in [9.17, 15) is 0 Å². The summed E-state index contributed by atoms with van der Waals surface area (Å²) in [5.74, 6) is 1.99. The van der Waals surface area contributed by atoms with Crippen LogP contribution in [0.3, 0.4) is 0 Å². The van der Waals surface area contributed by atoms with E-state index in [-0.39, 0.29) is 6.04 Å². The molecule has 4 aromatic carbocycles. The van der Waals surface area contributed by atoms with Crippen molar-refractivity contribution in [1.29, 1.82) is 0 Å². The molecule has 0 bridgehead atoms. The highest BCUT2D eigenvalue weighted by Gasteiger charge is 2.13. The van der Waals surface area contributed by atoms with E-state index in [2.05, 4.69) is 79.0 Å². The van der Waals surface area contributed by atoms with Gasteiger partial charge in [0.15, 0.2) is 17.5 Å². The molecule has 0 saturated carbocycles. The van der Waals surface area contributed by atoms with Crippen LogP contribution in [0.1, 0.15) is 18.5 Å². The summed E-state index contributed by atoms with van der Waals surface area (Å²) in [6.45, 7) is 2.09. The van der Waals surface area contributed by atoms with Gasteiger partial charge in [0, 0.05) is 22.4 Å². The first-order chi connectivity index (χ1) is 18.2. The van der Waals surface area contributed by atoms with Gasteiger partial charge in [-0.3, -0.25) is 0 Å². The zero-order chi connectivity index (χ0) is 25.0. The molecule has 0 amide bonds. The van der Waals surface area contributed by atoms with Crippen molar-refractivity contribution in [3.63, 3.8) is 0 Å². The summed E-state index contributed by atoms with van der Waals surface area (Å²) in [5, 5.41) is 3.51. The van der Waals surface area contributed by atoms with Crippen molar-refractivity contribution >= 4 is 0 Å². The van der Waals surface area contributed by atoms with Gasteiger partial charge >= 0.3 is 0 Å². The Labute approximate surface area is 217 Å². The second kappa shape index (κ2) is 10.0. The number of allylic oxidation sites excluding steroid dienone is 3. The van der Waals surface area contributed by atoms with Crippen LogP contribution in [0, 0.1) is 0 Å². The fraction of sp³-hybridized carbons (Fsp3) is 0.0606. The van der Waals surface area contributed by atoms with Crippen molar-refractivity contribution in [1.82, 2.24) is 20.3 Å². The fourth-order valence-corrected chi connectivity index (χ4v) is 4.48. The van der Waals surface area contributed by atoms with Crippen LogP contribution in [0.5, 0.6) is 0 Å². The molecule has 5 aromatic rings. The van der Waals surface area contributed by atoms with Gasteiger partial charge in [-0.1, -0.05) is 121 Å². The Hall–Kier alpha value is -4.83. The highest BCUT2D eigenvalue weighted by Crippen LogP contribution is 2.28. The molecule has 0 fully saturated rings. The van der Waals surface area contributed by atoms with Gasteiger partial charge in [-0.05, 0) is 29.7 Å². The van der Waals surface area contributed by atoms with E-state index in [1.54, 1.807) is 0 Å². The molecule has 6 rings (SSSR count).